The van der Waals surface area contributed by atoms with Gasteiger partial charge in [0.2, 0.25) is 17.8 Å². The first-order chi connectivity index (χ1) is 22.7. The van der Waals surface area contributed by atoms with Crippen LogP contribution < -0.4 is 15.5 Å². The lowest BCUT2D eigenvalue weighted by atomic mass is 9.82. The number of carbonyl (C=O) groups is 3. The van der Waals surface area contributed by atoms with E-state index < -0.39 is 17.6 Å². The fraction of sp³-hybridized carbons (Fsp3) is 0.457. The maximum atomic E-state index is 13.3. The Hall–Kier alpha value is -4.06. The molecule has 1 aromatic heterocycles. The van der Waals surface area contributed by atoms with E-state index in [0.29, 0.717) is 41.8 Å². The number of anilines is 2. The van der Waals surface area contributed by atoms with Crippen LogP contribution in [-0.2, 0) is 21.7 Å². The van der Waals surface area contributed by atoms with Crippen LogP contribution in [0.5, 0.6) is 0 Å². The van der Waals surface area contributed by atoms with E-state index in [-0.39, 0.29) is 24.3 Å². The van der Waals surface area contributed by atoms with Gasteiger partial charge in [0.25, 0.3) is 5.91 Å². The number of nitrogens with one attached hydrogen (secondary N) is 2. The molecule has 3 amide bonds. The SMILES string of the molecule is CC1c2cc(C3(O)CCN(Cc4ccc(N5CCC(Nc6ncc(Cl)cn6)CC5)cc4)CC3)ccc2C(=O)N1[C@H]1CCC(=O)NC1=O. The molecule has 3 N–H and O–H groups in total. The van der Waals surface area contributed by atoms with E-state index in [0.717, 1.165) is 56.7 Å². The van der Waals surface area contributed by atoms with Crippen LogP contribution in [0.15, 0.2) is 54.9 Å². The third-order valence-electron chi connectivity index (χ3n) is 10.3. The van der Waals surface area contributed by atoms with Gasteiger partial charge >= 0.3 is 0 Å². The first-order valence-corrected chi connectivity index (χ1v) is 16.9. The van der Waals surface area contributed by atoms with Crippen LogP contribution in [0, 0.1) is 0 Å². The van der Waals surface area contributed by atoms with Crippen molar-refractivity contribution in [2.75, 3.05) is 36.4 Å². The second kappa shape index (κ2) is 12.9. The van der Waals surface area contributed by atoms with Crippen molar-refractivity contribution in [1.82, 2.24) is 25.1 Å². The topological polar surface area (TPSA) is 131 Å². The number of carbonyl (C=O) groups excluding carboxylic acids is 3. The van der Waals surface area contributed by atoms with E-state index in [4.69, 9.17) is 11.6 Å². The van der Waals surface area contributed by atoms with Crippen molar-refractivity contribution < 1.29 is 19.5 Å². The highest BCUT2D eigenvalue weighted by molar-refractivity contribution is 6.30. The van der Waals surface area contributed by atoms with E-state index in [1.54, 1.807) is 23.4 Å². The lowest BCUT2D eigenvalue weighted by molar-refractivity contribution is -0.137. The highest BCUT2D eigenvalue weighted by Crippen LogP contribution is 2.41. The average Bonchev–Trinajstić information content (AvgIpc) is 3.32. The number of benzene rings is 2. The smallest absolute Gasteiger partial charge is 0.255 e. The lowest BCUT2D eigenvalue weighted by Gasteiger charge is -2.39. The number of amides is 3. The Morgan fingerprint density at radius 2 is 1.68 bits per heavy atom. The normalized spacial score (nSPS) is 23.5. The van der Waals surface area contributed by atoms with Gasteiger partial charge in [-0.25, -0.2) is 9.97 Å². The van der Waals surface area contributed by atoms with E-state index in [1.807, 2.05) is 19.1 Å². The minimum absolute atomic E-state index is 0.202. The number of aromatic nitrogens is 2. The number of imide groups is 1. The summed E-state index contributed by atoms with van der Waals surface area (Å²) in [6, 6.07) is 13.8. The van der Waals surface area contributed by atoms with Crippen LogP contribution >= 0.6 is 11.6 Å². The quantitative estimate of drug-likeness (QED) is 0.323. The van der Waals surface area contributed by atoms with Crippen LogP contribution in [0.3, 0.4) is 0 Å². The van der Waals surface area contributed by atoms with Gasteiger partial charge in [-0.15, -0.1) is 0 Å². The zero-order valence-electron chi connectivity index (χ0n) is 26.5. The summed E-state index contributed by atoms with van der Waals surface area (Å²) >= 11 is 5.90. The minimum Gasteiger partial charge on any atom is -0.385 e. The maximum Gasteiger partial charge on any atom is 0.255 e. The fourth-order valence-corrected chi connectivity index (χ4v) is 7.61. The molecule has 2 aromatic carbocycles. The predicted molar refractivity (Wildman–Crippen MR) is 178 cm³/mol. The number of nitrogens with zero attached hydrogens (tertiary/aromatic N) is 5. The number of rotatable bonds is 7. The summed E-state index contributed by atoms with van der Waals surface area (Å²) in [5.74, 6) is -0.311. The van der Waals surface area contributed by atoms with Crippen molar-refractivity contribution in [3.8, 4) is 0 Å². The summed E-state index contributed by atoms with van der Waals surface area (Å²) in [6.07, 6.45) is 6.94. The minimum atomic E-state index is -0.985. The van der Waals surface area contributed by atoms with E-state index in [1.165, 1.54) is 11.3 Å². The zero-order chi connectivity index (χ0) is 32.7. The zero-order valence-corrected chi connectivity index (χ0v) is 27.2. The van der Waals surface area contributed by atoms with Crippen molar-refractivity contribution in [2.24, 2.45) is 0 Å². The number of aliphatic hydroxyl groups is 1. The molecule has 3 fully saturated rings. The average molecular weight is 658 g/mol. The summed E-state index contributed by atoms with van der Waals surface area (Å²) in [7, 11) is 0. The van der Waals surface area contributed by atoms with Gasteiger partial charge in [0.15, 0.2) is 0 Å². The first-order valence-electron chi connectivity index (χ1n) is 16.5. The number of halogens is 1. The number of likely N-dealkylation sites (tertiary alicyclic amines) is 1. The summed E-state index contributed by atoms with van der Waals surface area (Å²) in [4.78, 5) is 52.4. The first kappa shape index (κ1) is 31.5. The van der Waals surface area contributed by atoms with Gasteiger partial charge in [0.1, 0.15) is 6.04 Å². The molecule has 5 heterocycles. The summed E-state index contributed by atoms with van der Waals surface area (Å²) < 4.78 is 0. The molecule has 2 atom stereocenters. The molecule has 246 valence electrons. The maximum absolute atomic E-state index is 13.3. The molecule has 4 aliphatic rings. The largest absolute Gasteiger partial charge is 0.385 e. The monoisotopic (exact) mass is 657 g/mol. The number of hydrogen-bond donors (Lipinski definition) is 3. The van der Waals surface area contributed by atoms with Crippen LogP contribution in [0.1, 0.15) is 78.5 Å². The van der Waals surface area contributed by atoms with Gasteiger partial charge in [0.05, 0.1) is 29.1 Å². The van der Waals surface area contributed by atoms with Gasteiger partial charge in [-0.1, -0.05) is 35.9 Å². The van der Waals surface area contributed by atoms with Gasteiger partial charge < -0.3 is 20.2 Å². The van der Waals surface area contributed by atoms with Crippen LogP contribution in [0.4, 0.5) is 11.6 Å². The molecule has 3 aromatic rings. The molecule has 0 aliphatic carbocycles. The Bertz CT molecular complexity index is 1650. The summed E-state index contributed by atoms with van der Waals surface area (Å²) in [5, 5.41) is 18.0. The molecule has 0 bridgehead atoms. The van der Waals surface area contributed by atoms with Gasteiger partial charge in [-0.05, 0) is 73.9 Å². The molecule has 3 saturated heterocycles. The van der Waals surface area contributed by atoms with Gasteiger partial charge in [-0.3, -0.25) is 24.6 Å². The molecule has 0 radical (unpaired) electrons. The van der Waals surface area contributed by atoms with Crippen molar-refractivity contribution in [3.63, 3.8) is 0 Å². The molecule has 7 rings (SSSR count). The second-order valence-corrected chi connectivity index (χ2v) is 13.7. The highest BCUT2D eigenvalue weighted by atomic mass is 35.5. The standard InChI is InChI=1S/C35H40ClN7O4/c1-22-29-18-24(4-7-28(29)33(46)43(22)30-8-9-31(44)40-32(30)45)35(47)12-16-41(17-13-35)21-23-2-5-27(6-3-23)42-14-10-26(11-15-42)39-34-37-19-25(36)20-38-34/h2-7,18-20,22,26,30,47H,8-17,21H2,1H3,(H,37,38,39)(H,40,44,45)/t22?,30-/m0/s1. The van der Waals surface area contributed by atoms with Crippen molar-refractivity contribution in [2.45, 2.75) is 75.7 Å². The van der Waals surface area contributed by atoms with Crippen molar-refractivity contribution >= 4 is 41.0 Å². The van der Waals surface area contributed by atoms with E-state index in [9.17, 15) is 19.5 Å². The number of fused-ring (bicyclic) bond motifs is 1. The Morgan fingerprint density at radius 1 is 0.979 bits per heavy atom. The van der Waals surface area contributed by atoms with Crippen LogP contribution in [0.2, 0.25) is 5.02 Å². The summed E-state index contributed by atoms with van der Waals surface area (Å²) in [5.41, 5.74) is 3.68. The van der Waals surface area contributed by atoms with Gasteiger partial charge in [-0.2, -0.15) is 0 Å². The molecule has 12 heteroatoms. The van der Waals surface area contributed by atoms with E-state index >= 15 is 0 Å². The molecule has 0 spiro atoms. The van der Waals surface area contributed by atoms with Crippen LogP contribution in [0.25, 0.3) is 0 Å². The lowest BCUT2D eigenvalue weighted by Crippen LogP contribution is -2.53. The molecule has 1 unspecified atom stereocenters. The Kier molecular flexibility index (Phi) is 8.63. The molecular formula is C35H40ClN7O4. The molecular weight excluding hydrogens is 618 g/mol. The van der Waals surface area contributed by atoms with Crippen LogP contribution in [-0.4, -0.2) is 80.9 Å². The van der Waals surface area contributed by atoms with Gasteiger partial charge in [0, 0.05) is 56.4 Å². The Balaban J connectivity index is 0.918. The Labute approximate surface area is 279 Å². The second-order valence-electron chi connectivity index (χ2n) is 13.3. The molecule has 4 aliphatic heterocycles. The van der Waals surface area contributed by atoms with Crippen molar-refractivity contribution in [1.29, 1.82) is 0 Å². The van der Waals surface area contributed by atoms with Crippen molar-refractivity contribution in [3.05, 3.63) is 82.1 Å². The third-order valence-corrected chi connectivity index (χ3v) is 10.5. The number of hydrogen-bond acceptors (Lipinski definition) is 9. The third kappa shape index (κ3) is 6.44. The summed E-state index contributed by atoms with van der Waals surface area (Å²) in [6.45, 7) is 6.15. The predicted octanol–water partition coefficient (Wildman–Crippen LogP) is 4.02. The molecule has 11 nitrogen and oxygen atoms in total. The highest BCUT2D eigenvalue weighted by Gasteiger charge is 2.44. The van der Waals surface area contributed by atoms with E-state index in [2.05, 4.69) is 54.7 Å². The number of piperidine rings is 3. The molecule has 47 heavy (non-hydrogen) atoms. The Morgan fingerprint density at radius 3 is 2.36 bits per heavy atom. The molecule has 0 saturated carbocycles. The fourth-order valence-electron chi connectivity index (χ4n) is 7.51.